The number of halogens is 1. The molecule has 0 bridgehead atoms. The molecule has 1 aromatic heterocycles. The standard InChI is InChI=1S/C12H14FNO5/c1-3-18-11(16)9-7(5-13)8(6-14-9)10(15)12(17)19-4-2/h6,14H,3-5H2,1-2H3. The molecule has 19 heavy (non-hydrogen) atoms. The van der Waals surface area contributed by atoms with Gasteiger partial charge in [0, 0.05) is 11.8 Å². The van der Waals surface area contributed by atoms with Crippen LogP contribution in [-0.4, -0.2) is 35.9 Å². The highest BCUT2D eigenvalue weighted by Gasteiger charge is 2.26. The van der Waals surface area contributed by atoms with Crippen LogP contribution in [0.1, 0.15) is 40.3 Å². The maximum Gasteiger partial charge on any atom is 0.379 e. The fraction of sp³-hybridized carbons (Fsp3) is 0.417. The van der Waals surface area contributed by atoms with Gasteiger partial charge in [0.15, 0.2) is 0 Å². The fourth-order valence-electron chi connectivity index (χ4n) is 1.49. The Bertz CT molecular complexity index is 494. The largest absolute Gasteiger partial charge is 0.461 e. The van der Waals surface area contributed by atoms with E-state index in [1.807, 2.05) is 0 Å². The van der Waals surface area contributed by atoms with Gasteiger partial charge < -0.3 is 14.5 Å². The second-order valence-electron chi connectivity index (χ2n) is 3.46. The van der Waals surface area contributed by atoms with Gasteiger partial charge in [-0.1, -0.05) is 0 Å². The Morgan fingerprint density at radius 1 is 1.21 bits per heavy atom. The first-order chi connectivity index (χ1) is 9.06. The minimum Gasteiger partial charge on any atom is -0.461 e. The van der Waals surface area contributed by atoms with Crippen molar-refractivity contribution in [2.45, 2.75) is 20.5 Å². The van der Waals surface area contributed by atoms with Crippen molar-refractivity contribution < 1.29 is 28.2 Å². The molecule has 0 aliphatic heterocycles. The summed E-state index contributed by atoms with van der Waals surface area (Å²) < 4.78 is 22.2. The lowest BCUT2D eigenvalue weighted by Gasteiger charge is -2.03. The molecule has 0 amide bonds. The lowest BCUT2D eigenvalue weighted by molar-refractivity contribution is -0.137. The molecule has 0 aromatic carbocycles. The molecule has 0 fully saturated rings. The van der Waals surface area contributed by atoms with Crippen LogP contribution in [-0.2, 0) is 20.9 Å². The molecule has 0 aliphatic rings. The summed E-state index contributed by atoms with van der Waals surface area (Å²) >= 11 is 0. The zero-order chi connectivity index (χ0) is 14.4. The van der Waals surface area contributed by atoms with Gasteiger partial charge in [-0.2, -0.15) is 0 Å². The molecule has 7 heteroatoms. The summed E-state index contributed by atoms with van der Waals surface area (Å²) in [4.78, 5) is 36.9. The zero-order valence-electron chi connectivity index (χ0n) is 10.6. The van der Waals surface area contributed by atoms with Crippen molar-refractivity contribution in [3.8, 4) is 0 Å². The molecule has 0 aliphatic carbocycles. The molecule has 1 rings (SSSR count). The Hall–Kier alpha value is -2.18. The molecular formula is C12H14FNO5. The highest BCUT2D eigenvalue weighted by atomic mass is 19.1. The molecular weight excluding hydrogens is 257 g/mol. The van der Waals surface area contributed by atoms with E-state index in [-0.39, 0.29) is 30.0 Å². The topological polar surface area (TPSA) is 85.5 Å². The second kappa shape index (κ2) is 6.67. The van der Waals surface area contributed by atoms with Crippen molar-refractivity contribution in [3.63, 3.8) is 0 Å². The lowest BCUT2D eigenvalue weighted by Crippen LogP contribution is -2.18. The molecule has 0 spiro atoms. The number of nitrogens with one attached hydrogen (secondary N) is 1. The molecule has 1 aromatic rings. The number of esters is 2. The molecule has 6 nitrogen and oxygen atoms in total. The van der Waals surface area contributed by atoms with E-state index in [1.165, 1.54) is 0 Å². The van der Waals surface area contributed by atoms with Gasteiger partial charge in [0.1, 0.15) is 12.4 Å². The van der Waals surface area contributed by atoms with E-state index in [1.54, 1.807) is 13.8 Å². The number of rotatable bonds is 6. The first-order valence-electron chi connectivity index (χ1n) is 5.71. The van der Waals surface area contributed by atoms with Crippen molar-refractivity contribution in [1.82, 2.24) is 4.98 Å². The Morgan fingerprint density at radius 3 is 2.37 bits per heavy atom. The molecule has 0 radical (unpaired) electrons. The van der Waals surface area contributed by atoms with Crippen LogP contribution in [0, 0.1) is 0 Å². The van der Waals surface area contributed by atoms with E-state index >= 15 is 0 Å². The van der Waals surface area contributed by atoms with E-state index in [0.717, 1.165) is 6.20 Å². The van der Waals surface area contributed by atoms with Gasteiger partial charge in [0.25, 0.3) is 5.78 Å². The predicted octanol–water partition coefficient (Wildman–Crippen LogP) is 1.41. The van der Waals surface area contributed by atoms with Crippen LogP contribution in [0.3, 0.4) is 0 Å². The quantitative estimate of drug-likeness (QED) is 0.480. The predicted molar refractivity (Wildman–Crippen MR) is 62.5 cm³/mol. The summed E-state index contributed by atoms with van der Waals surface area (Å²) in [6.45, 7) is 2.22. The van der Waals surface area contributed by atoms with Crippen LogP contribution in [0.25, 0.3) is 0 Å². The third kappa shape index (κ3) is 3.18. The van der Waals surface area contributed by atoms with Gasteiger partial charge >= 0.3 is 11.9 Å². The van der Waals surface area contributed by atoms with Crippen LogP contribution < -0.4 is 0 Å². The van der Waals surface area contributed by atoms with Crippen LogP contribution >= 0.6 is 0 Å². The van der Waals surface area contributed by atoms with Crippen molar-refractivity contribution >= 4 is 17.7 Å². The first kappa shape index (κ1) is 14.9. The van der Waals surface area contributed by atoms with Gasteiger partial charge in [-0.3, -0.25) is 4.79 Å². The third-order valence-corrected chi connectivity index (χ3v) is 2.31. The van der Waals surface area contributed by atoms with Gasteiger partial charge in [0.2, 0.25) is 0 Å². The van der Waals surface area contributed by atoms with Crippen LogP contribution in [0.5, 0.6) is 0 Å². The van der Waals surface area contributed by atoms with Crippen LogP contribution in [0.2, 0.25) is 0 Å². The van der Waals surface area contributed by atoms with E-state index in [9.17, 15) is 18.8 Å². The highest BCUT2D eigenvalue weighted by Crippen LogP contribution is 2.18. The minimum absolute atomic E-state index is 0.0324. The van der Waals surface area contributed by atoms with Gasteiger partial charge in [0.05, 0.1) is 18.8 Å². The maximum absolute atomic E-state index is 13.0. The normalized spacial score (nSPS) is 10.1. The summed E-state index contributed by atoms with van der Waals surface area (Å²) in [5.74, 6) is -2.87. The summed E-state index contributed by atoms with van der Waals surface area (Å²) in [6, 6.07) is 0. The molecule has 1 heterocycles. The number of aromatic nitrogens is 1. The Morgan fingerprint density at radius 2 is 1.84 bits per heavy atom. The molecule has 0 atom stereocenters. The number of ketones is 1. The van der Waals surface area contributed by atoms with Crippen molar-refractivity contribution in [1.29, 1.82) is 0 Å². The lowest BCUT2D eigenvalue weighted by atomic mass is 10.1. The first-order valence-corrected chi connectivity index (χ1v) is 5.71. The molecule has 104 valence electrons. The van der Waals surface area contributed by atoms with E-state index < -0.39 is 24.4 Å². The summed E-state index contributed by atoms with van der Waals surface area (Å²) in [5.41, 5.74) is -0.586. The third-order valence-electron chi connectivity index (χ3n) is 2.31. The SMILES string of the molecule is CCOC(=O)C(=O)c1c[nH]c(C(=O)OCC)c1CF. The number of aromatic amines is 1. The maximum atomic E-state index is 13.0. The number of hydrogen-bond donors (Lipinski definition) is 1. The van der Waals surface area contributed by atoms with Gasteiger partial charge in [-0.05, 0) is 13.8 Å². The number of Topliss-reactive ketones (excluding diaryl/α,β-unsaturated/α-hetero) is 1. The molecule has 1 N–H and O–H groups in total. The Balaban J connectivity index is 3.07. The van der Waals surface area contributed by atoms with Crippen LogP contribution in [0.15, 0.2) is 6.20 Å². The van der Waals surface area contributed by atoms with Crippen LogP contribution in [0.4, 0.5) is 4.39 Å². The van der Waals surface area contributed by atoms with E-state index in [4.69, 9.17) is 4.74 Å². The Labute approximate surface area is 108 Å². The Kier molecular flexibility index (Phi) is 5.23. The van der Waals surface area contributed by atoms with Crippen molar-refractivity contribution in [2.24, 2.45) is 0 Å². The number of hydrogen-bond acceptors (Lipinski definition) is 5. The number of H-pyrrole nitrogens is 1. The van der Waals surface area contributed by atoms with E-state index in [0.29, 0.717) is 0 Å². The number of carbonyl (C=O) groups is 3. The molecule has 0 saturated carbocycles. The van der Waals surface area contributed by atoms with Gasteiger partial charge in [-0.25, -0.2) is 14.0 Å². The smallest absolute Gasteiger partial charge is 0.379 e. The minimum atomic E-state index is -1.09. The monoisotopic (exact) mass is 271 g/mol. The van der Waals surface area contributed by atoms with Crippen molar-refractivity contribution in [3.05, 3.63) is 23.0 Å². The summed E-state index contributed by atoms with van der Waals surface area (Å²) in [6.07, 6.45) is 1.10. The fourth-order valence-corrected chi connectivity index (χ4v) is 1.49. The second-order valence-corrected chi connectivity index (χ2v) is 3.46. The number of ether oxygens (including phenoxy) is 2. The summed E-state index contributed by atoms with van der Waals surface area (Å²) in [5, 5.41) is 0. The van der Waals surface area contributed by atoms with Gasteiger partial charge in [-0.15, -0.1) is 0 Å². The number of carbonyl (C=O) groups excluding carboxylic acids is 3. The van der Waals surface area contributed by atoms with E-state index in [2.05, 4.69) is 9.72 Å². The highest BCUT2D eigenvalue weighted by molar-refractivity contribution is 6.41. The summed E-state index contributed by atoms with van der Waals surface area (Å²) in [7, 11) is 0. The number of alkyl halides is 1. The van der Waals surface area contributed by atoms with Crippen molar-refractivity contribution in [2.75, 3.05) is 13.2 Å². The molecule has 0 saturated heterocycles. The average molecular weight is 271 g/mol. The zero-order valence-corrected chi connectivity index (χ0v) is 10.6. The average Bonchev–Trinajstić information content (AvgIpc) is 2.82. The molecule has 0 unspecified atom stereocenters.